The highest BCUT2D eigenvalue weighted by Crippen LogP contribution is 2.41. The maximum absolute atomic E-state index is 14.6. The molecule has 3 rings (SSSR count). The monoisotopic (exact) mass is 410 g/mol. The molecule has 0 spiro atoms. The fraction of sp³-hybridized carbons (Fsp3) is 0.400. The third kappa shape index (κ3) is 4.52. The van der Waals surface area contributed by atoms with Gasteiger partial charge in [0, 0.05) is 31.3 Å². The Morgan fingerprint density at radius 3 is 2.79 bits per heavy atom. The minimum absolute atomic E-state index is 0.0664. The number of alkyl halides is 3. The number of methoxy groups -OCH3 is 1. The second-order valence-corrected chi connectivity index (χ2v) is 6.89. The second-order valence-electron chi connectivity index (χ2n) is 6.62. The molecule has 1 aromatic carbocycles. The molecule has 28 heavy (non-hydrogen) atoms. The van der Waals surface area contributed by atoms with Crippen LogP contribution in [0.4, 0.5) is 13.6 Å². The van der Waals surface area contributed by atoms with Crippen molar-refractivity contribution in [2.45, 2.75) is 30.7 Å². The molecule has 2 heterocycles. The molecule has 0 radical (unpaired) electrons. The van der Waals surface area contributed by atoms with Crippen LogP contribution in [0.5, 0.6) is 5.88 Å². The van der Waals surface area contributed by atoms with E-state index in [2.05, 4.69) is 4.98 Å². The first kappa shape index (κ1) is 20.3. The average molecular weight is 411 g/mol. The Bertz CT molecular complexity index is 820. The van der Waals surface area contributed by atoms with E-state index in [-0.39, 0.29) is 25.6 Å². The summed E-state index contributed by atoms with van der Waals surface area (Å²) in [6.45, 7) is -0.128. The van der Waals surface area contributed by atoms with Crippen molar-refractivity contribution in [3.05, 3.63) is 59.3 Å². The number of hydrogen-bond donors (Lipinski definition) is 0. The van der Waals surface area contributed by atoms with E-state index in [1.807, 2.05) is 30.3 Å². The lowest BCUT2D eigenvalue weighted by Crippen LogP contribution is -2.48. The molecule has 2 aromatic rings. The van der Waals surface area contributed by atoms with Gasteiger partial charge in [-0.3, -0.25) is 0 Å². The van der Waals surface area contributed by atoms with Crippen molar-refractivity contribution in [1.29, 1.82) is 0 Å². The van der Waals surface area contributed by atoms with Crippen LogP contribution in [-0.2, 0) is 17.2 Å². The third-order valence-electron chi connectivity index (χ3n) is 4.78. The number of pyridine rings is 1. The van der Waals surface area contributed by atoms with Gasteiger partial charge in [-0.1, -0.05) is 30.3 Å². The van der Waals surface area contributed by atoms with Crippen molar-refractivity contribution in [3.8, 4) is 5.88 Å². The molecule has 1 fully saturated rings. The number of ether oxygens (including phenoxy) is 2. The van der Waals surface area contributed by atoms with Crippen LogP contribution in [0.2, 0.25) is 0 Å². The van der Waals surface area contributed by atoms with Gasteiger partial charge >= 0.3 is 6.09 Å². The van der Waals surface area contributed by atoms with Gasteiger partial charge in [-0.2, -0.15) is 0 Å². The van der Waals surface area contributed by atoms with Gasteiger partial charge in [0.1, 0.15) is 6.61 Å². The Balaban J connectivity index is 1.73. The first-order chi connectivity index (χ1) is 13.4. The zero-order valence-corrected chi connectivity index (χ0v) is 16.2. The molecular weight excluding hydrogens is 390 g/mol. The zero-order valence-electron chi connectivity index (χ0n) is 15.4. The Kier molecular flexibility index (Phi) is 6.34. The lowest BCUT2D eigenvalue weighted by molar-refractivity contribution is -0.0729. The van der Waals surface area contributed by atoms with Crippen LogP contribution in [0.25, 0.3) is 0 Å². The van der Waals surface area contributed by atoms with Gasteiger partial charge in [-0.05, 0) is 17.2 Å². The Morgan fingerprint density at radius 1 is 1.36 bits per heavy atom. The number of halogens is 3. The van der Waals surface area contributed by atoms with Crippen molar-refractivity contribution < 1.29 is 23.0 Å². The van der Waals surface area contributed by atoms with E-state index in [0.29, 0.717) is 17.0 Å². The fourth-order valence-electron chi connectivity index (χ4n) is 3.22. The number of carbonyl (C=O) groups excluding carboxylic acids is 1. The van der Waals surface area contributed by atoms with Gasteiger partial charge in [0.05, 0.1) is 18.9 Å². The average Bonchev–Trinajstić information content (AvgIpc) is 2.72. The van der Waals surface area contributed by atoms with Gasteiger partial charge in [-0.15, -0.1) is 11.6 Å². The largest absolute Gasteiger partial charge is 0.481 e. The van der Waals surface area contributed by atoms with Crippen LogP contribution in [0, 0.1) is 0 Å². The Hall–Kier alpha value is -2.41. The number of amides is 1. The number of piperidine rings is 1. The van der Waals surface area contributed by atoms with Crippen LogP contribution in [0.3, 0.4) is 0 Å². The second kappa shape index (κ2) is 8.73. The van der Waals surface area contributed by atoms with E-state index in [9.17, 15) is 13.6 Å². The summed E-state index contributed by atoms with van der Waals surface area (Å²) in [6, 6.07) is 10.8. The number of rotatable bonds is 5. The number of nitrogens with zero attached hydrogens (tertiary/aromatic N) is 2. The minimum atomic E-state index is -2.96. The summed E-state index contributed by atoms with van der Waals surface area (Å²) in [5.74, 6) is -3.76. The summed E-state index contributed by atoms with van der Waals surface area (Å²) >= 11 is 5.88. The number of likely N-dealkylation sites (tertiary alicyclic amines) is 1. The minimum Gasteiger partial charge on any atom is -0.481 e. The molecule has 1 amide bonds. The molecule has 1 atom stereocenters. The number of hydrogen-bond acceptors (Lipinski definition) is 4. The molecule has 1 aromatic heterocycles. The molecule has 0 aliphatic carbocycles. The highest BCUT2D eigenvalue weighted by molar-refractivity contribution is 6.17. The number of carbonyl (C=O) groups is 1. The van der Waals surface area contributed by atoms with E-state index < -0.39 is 24.4 Å². The molecule has 150 valence electrons. The van der Waals surface area contributed by atoms with Crippen LogP contribution >= 0.6 is 11.6 Å². The lowest BCUT2D eigenvalue weighted by atomic mass is 9.87. The van der Waals surface area contributed by atoms with Crippen LogP contribution < -0.4 is 4.74 Å². The highest BCUT2D eigenvalue weighted by Gasteiger charge is 2.46. The normalized spacial score (nSPS) is 18.6. The first-order valence-electron chi connectivity index (χ1n) is 8.87. The van der Waals surface area contributed by atoms with Crippen molar-refractivity contribution in [1.82, 2.24) is 9.88 Å². The summed E-state index contributed by atoms with van der Waals surface area (Å²) < 4.78 is 39.6. The summed E-state index contributed by atoms with van der Waals surface area (Å²) in [5, 5.41) is 0. The van der Waals surface area contributed by atoms with Crippen molar-refractivity contribution in [3.63, 3.8) is 0 Å². The first-order valence-corrected chi connectivity index (χ1v) is 9.40. The number of aromatic nitrogens is 1. The molecule has 0 saturated carbocycles. The predicted molar refractivity (Wildman–Crippen MR) is 101 cm³/mol. The molecule has 8 heteroatoms. The molecular formula is C20H21ClF2N2O3. The quantitative estimate of drug-likeness (QED) is 0.676. The maximum Gasteiger partial charge on any atom is 0.410 e. The predicted octanol–water partition coefficient (Wildman–Crippen LogP) is 4.59. The Morgan fingerprint density at radius 2 is 2.11 bits per heavy atom. The van der Waals surface area contributed by atoms with Gasteiger partial charge in [0.15, 0.2) is 0 Å². The van der Waals surface area contributed by atoms with Crippen LogP contribution in [0.15, 0.2) is 42.6 Å². The molecule has 1 aliphatic heterocycles. The van der Waals surface area contributed by atoms with E-state index in [1.54, 1.807) is 6.07 Å². The van der Waals surface area contributed by atoms with E-state index in [1.165, 1.54) is 18.2 Å². The van der Waals surface area contributed by atoms with Gasteiger partial charge in [-0.25, -0.2) is 18.6 Å². The summed E-state index contributed by atoms with van der Waals surface area (Å²) in [6.07, 6.45) is 0.301. The smallest absolute Gasteiger partial charge is 0.410 e. The SMILES string of the molecule is COc1ncc(C2CN(C(=O)OCc3ccccc3)CCC2(F)F)cc1CCl. The zero-order chi connectivity index (χ0) is 20.1. The maximum atomic E-state index is 14.6. The van der Waals surface area contributed by atoms with E-state index >= 15 is 0 Å². The fourth-order valence-corrected chi connectivity index (χ4v) is 3.41. The topological polar surface area (TPSA) is 51.7 Å². The third-order valence-corrected chi connectivity index (χ3v) is 5.07. The number of benzene rings is 1. The highest BCUT2D eigenvalue weighted by atomic mass is 35.5. The standard InChI is InChI=1S/C20H21ClF2N2O3/c1-27-18-15(10-21)9-16(11-24-18)17-12-25(8-7-20(17,22)23)19(26)28-13-14-5-3-2-4-6-14/h2-6,9,11,17H,7-8,10,12-13H2,1H3. The molecule has 1 saturated heterocycles. The molecule has 1 unspecified atom stereocenters. The molecule has 1 aliphatic rings. The molecule has 0 N–H and O–H groups in total. The molecule has 5 nitrogen and oxygen atoms in total. The lowest BCUT2D eigenvalue weighted by Gasteiger charge is -2.38. The molecule has 0 bridgehead atoms. The van der Waals surface area contributed by atoms with Gasteiger partial charge in [0.25, 0.3) is 5.92 Å². The van der Waals surface area contributed by atoms with Crippen molar-refractivity contribution >= 4 is 17.7 Å². The Labute approximate surface area is 167 Å². The van der Waals surface area contributed by atoms with Crippen LogP contribution in [0.1, 0.15) is 29.0 Å². The van der Waals surface area contributed by atoms with Crippen molar-refractivity contribution in [2.75, 3.05) is 20.2 Å². The van der Waals surface area contributed by atoms with E-state index in [4.69, 9.17) is 21.1 Å². The van der Waals surface area contributed by atoms with Gasteiger partial charge < -0.3 is 14.4 Å². The van der Waals surface area contributed by atoms with Crippen LogP contribution in [-0.4, -0.2) is 42.1 Å². The van der Waals surface area contributed by atoms with Crippen molar-refractivity contribution in [2.24, 2.45) is 0 Å². The summed E-state index contributed by atoms with van der Waals surface area (Å²) in [5.41, 5.74) is 1.68. The summed E-state index contributed by atoms with van der Waals surface area (Å²) in [4.78, 5) is 17.8. The van der Waals surface area contributed by atoms with Gasteiger partial charge in [0.2, 0.25) is 5.88 Å². The van der Waals surface area contributed by atoms with E-state index in [0.717, 1.165) is 5.56 Å². The summed E-state index contributed by atoms with van der Waals surface area (Å²) in [7, 11) is 1.44.